The summed E-state index contributed by atoms with van der Waals surface area (Å²) in [7, 11) is 0. The highest BCUT2D eigenvalue weighted by Crippen LogP contribution is 2.35. The average molecular weight is 264 g/mol. The summed E-state index contributed by atoms with van der Waals surface area (Å²) in [6, 6.07) is 5.92. The van der Waals surface area contributed by atoms with Crippen molar-refractivity contribution in [3.05, 3.63) is 18.2 Å². The van der Waals surface area contributed by atoms with E-state index in [1.54, 1.807) is 0 Å². The number of nitrogens with two attached hydrogens (primary N) is 1. The number of rotatable bonds is 3. The van der Waals surface area contributed by atoms with Crippen LogP contribution in [0, 0.1) is 5.92 Å². The fraction of sp³-hybridized carbons (Fsp3) is 0.571. The van der Waals surface area contributed by atoms with Crippen molar-refractivity contribution in [2.45, 2.75) is 12.5 Å². The highest BCUT2D eigenvalue weighted by Gasteiger charge is 2.27. The maximum atomic E-state index is 9.13. The highest BCUT2D eigenvalue weighted by atomic mass is 16.6. The maximum absolute atomic E-state index is 9.13. The van der Waals surface area contributed by atoms with E-state index in [-0.39, 0.29) is 12.6 Å². The molecule has 2 unspecified atom stereocenters. The molecule has 2 heterocycles. The monoisotopic (exact) mass is 264 g/mol. The second-order valence-corrected chi connectivity index (χ2v) is 5.17. The first kappa shape index (κ1) is 12.6. The molecule has 0 aliphatic carbocycles. The van der Waals surface area contributed by atoms with E-state index in [1.807, 2.05) is 12.1 Å². The fourth-order valence-electron chi connectivity index (χ4n) is 2.75. The molecule has 0 spiro atoms. The van der Waals surface area contributed by atoms with Crippen LogP contribution in [0.1, 0.15) is 6.42 Å². The molecule has 3 rings (SSSR count). The molecule has 0 amide bonds. The lowest BCUT2D eigenvalue weighted by Gasteiger charge is -2.24. The highest BCUT2D eigenvalue weighted by molar-refractivity contribution is 5.57. The second kappa shape index (κ2) is 5.27. The minimum absolute atomic E-state index is 0.0552. The van der Waals surface area contributed by atoms with Crippen molar-refractivity contribution in [3.8, 4) is 11.5 Å². The molecule has 3 N–H and O–H groups in total. The molecule has 5 nitrogen and oxygen atoms in total. The number of benzene rings is 1. The summed E-state index contributed by atoms with van der Waals surface area (Å²) >= 11 is 0. The third-order valence-electron chi connectivity index (χ3n) is 3.93. The molecule has 2 aliphatic heterocycles. The van der Waals surface area contributed by atoms with E-state index in [2.05, 4.69) is 11.0 Å². The number of ether oxygens (including phenoxy) is 2. The second-order valence-electron chi connectivity index (χ2n) is 5.17. The van der Waals surface area contributed by atoms with Gasteiger partial charge in [0.25, 0.3) is 0 Å². The minimum Gasteiger partial charge on any atom is -0.486 e. The van der Waals surface area contributed by atoms with Gasteiger partial charge in [-0.2, -0.15) is 0 Å². The summed E-state index contributed by atoms with van der Waals surface area (Å²) in [5.74, 6) is 2.00. The Labute approximate surface area is 112 Å². The lowest BCUT2D eigenvalue weighted by atomic mass is 10.0. The van der Waals surface area contributed by atoms with Crippen molar-refractivity contribution in [1.29, 1.82) is 0 Å². The summed E-state index contributed by atoms with van der Waals surface area (Å²) in [5.41, 5.74) is 7.04. The zero-order valence-electron chi connectivity index (χ0n) is 10.9. The van der Waals surface area contributed by atoms with Gasteiger partial charge in [-0.3, -0.25) is 0 Å². The van der Waals surface area contributed by atoms with Crippen molar-refractivity contribution in [2.24, 2.45) is 11.7 Å². The Hall–Kier alpha value is -1.46. The Balaban J connectivity index is 1.73. The van der Waals surface area contributed by atoms with E-state index < -0.39 is 0 Å². The Morgan fingerprint density at radius 3 is 2.89 bits per heavy atom. The zero-order chi connectivity index (χ0) is 13.2. The predicted molar refractivity (Wildman–Crippen MR) is 72.8 cm³/mol. The van der Waals surface area contributed by atoms with E-state index in [1.165, 1.54) is 0 Å². The molecule has 0 saturated carbocycles. The van der Waals surface area contributed by atoms with Gasteiger partial charge in [-0.05, 0) is 24.5 Å². The summed E-state index contributed by atoms with van der Waals surface area (Å²) < 4.78 is 11.1. The average Bonchev–Trinajstić information content (AvgIpc) is 2.95. The summed E-state index contributed by atoms with van der Waals surface area (Å²) in [4.78, 5) is 2.29. The molecule has 1 aromatic rings. The number of aliphatic hydroxyl groups is 1. The van der Waals surface area contributed by atoms with E-state index in [0.717, 1.165) is 36.7 Å². The lowest BCUT2D eigenvalue weighted by Crippen LogP contribution is -2.35. The zero-order valence-corrected chi connectivity index (χ0v) is 10.9. The van der Waals surface area contributed by atoms with Gasteiger partial charge in [0.2, 0.25) is 0 Å². The first-order chi connectivity index (χ1) is 9.28. The third-order valence-corrected chi connectivity index (χ3v) is 3.93. The molecule has 1 saturated heterocycles. The van der Waals surface area contributed by atoms with E-state index in [9.17, 15) is 0 Å². The molecule has 104 valence electrons. The molecule has 1 aromatic carbocycles. The number of fused-ring (bicyclic) bond motifs is 1. The normalized spacial score (nSPS) is 23.5. The van der Waals surface area contributed by atoms with Crippen LogP contribution in [0.5, 0.6) is 11.5 Å². The molecule has 0 radical (unpaired) electrons. The summed E-state index contributed by atoms with van der Waals surface area (Å²) in [6.45, 7) is 3.14. The standard InChI is InChI=1S/C14H20N2O3/c15-12(9-17)10-3-4-16(8-10)11-1-2-13-14(7-11)19-6-5-18-13/h1-2,7,10,12,17H,3-6,8-9,15H2. The maximum Gasteiger partial charge on any atom is 0.163 e. The molecule has 1 fully saturated rings. The molecular weight excluding hydrogens is 244 g/mol. The molecule has 2 atom stereocenters. The minimum atomic E-state index is -0.123. The van der Waals surface area contributed by atoms with Crippen LogP contribution in [0.15, 0.2) is 18.2 Å². The van der Waals surface area contributed by atoms with Crippen LogP contribution in [0.4, 0.5) is 5.69 Å². The molecular formula is C14H20N2O3. The van der Waals surface area contributed by atoms with Crippen molar-refractivity contribution in [1.82, 2.24) is 0 Å². The number of aliphatic hydroxyl groups excluding tert-OH is 1. The van der Waals surface area contributed by atoms with Crippen LogP contribution in [0.2, 0.25) is 0 Å². The largest absolute Gasteiger partial charge is 0.486 e. The smallest absolute Gasteiger partial charge is 0.163 e. The number of anilines is 1. The van der Waals surface area contributed by atoms with Crippen molar-refractivity contribution in [2.75, 3.05) is 37.8 Å². The summed E-state index contributed by atoms with van der Waals surface area (Å²) in [6.07, 6.45) is 1.02. The van der Waals surface area contributed by atoms with Crippen LogP contribution in [0.25, 0.3) is 0 Å². The first-order valence-corrected chi connectivity index (χ1v) is 6.79. The number of hydrogen-bond acceptors (Lipinski definition) is 5. The van der Waals surface area contributed by atoms with Gasteiger partial charge < -0.3 is 25.2 Å². The molecule has 19 heavy (non-hydrogen) atoms. The van der Waals surface area contributed by atoms with Gasteiger partial charge in [-0.25, -0.2) is 0 Å². The third kappa shape index (κ3) is 2.48. The van der Waals surface area contributed by atoms with Gasteiger partial charge in [-0.15, -0.1) is 0 Å². The molecule has 0 bridgehead atoms. The Bertz CT molecular complexity index is 452. The van der Waals surface area contributed by atoms with Crippen LogP contribution in [0.3, 0.4) is 0 Å². The fourth-order valence-corrected chi connectivity index (χ4v) is 2.75. The van der Waals surface area contributed by atoms with E-state index >= 15 is 0 Å². The Morgan fingerprint density at radius 1 is 1.32 bits per heavy atom. The van der Waals surface area contributed by atoms with Gasteiger partial charge in [0.1, 0.15) is 13.2 Å². The Morgan fingerprint density at radius 2 is 2.11 bits per heavy atom. The molecule has 0 aromatic heterocycles. The SMILES string of the molecule is NC(CO)C1CCN(c2ccc3c(c2)OCCO3)C1. The van der Waals surface area contributed by atoms with Gasteiger partial charge in [0.05, 0.1) is 6.61 Å². The van der Waals surface area contributed by atoms with Crippen molar-refractivity contribution in [3.63, 3.8) is 0 Å². The van der Waals surface area contributed by atoms with E-state index in [0.29, 0.717) is 19.1 Å². The van der Waals surface area contributed by atoms with Gasteiger partial charge in [-0.1, -0.05) is 0 Å². The van der Waals surface area contributed by atoms with Gasteiger partial charge >= 0.3 is 0 Å². The van der Waals surface area contributed by atoms with Gasteiger partial charge in [0, 0.05) is 30.9 Å². The van der Waals surface area contributed by atoms with E-state index in [4.69, 9.17) is 20.3 Å². The quantitative estimate of drug-likeness (QED) is 0.837. The Kier molecular flexibility index (Phi) is 3.48. The van der Waals surface area contributed by atoms with Crippen LogP contribution < -0.4 is 20.1 Å². The van der Waals surface area contributed by atoms with Crippen LogP contribution in [-0.4, -0.2) is 44.1 Å². The van der Waals surface area contributed by atoms with Gasteiger partial charge in [0.15, 0.2) is 11.5 Å². The van der Waals surface area contributed by atoms with Crippen LogP contribution >= 0.6 is 0 Å². The topological polar surface area (TPSA) is 68.0 Å². The van der Waals surface area contributed by atoms with Crippen molar-refractivity contribution >= 4 is 5.69 Å². The first-order valence-electron chi connectivity index (χ1n) is 6.79. The molecule has 5 heteroatoms. The number of nitrogens with zero attached hydrogens (tertiary/aromatic N) is 1. The molecule has 2 aliphatic rings. The lowest BCUT2D eigenvalue weighted by molar-refractivity contribution is 0.171. The number of hydrogen-bond donors (Lipinski definition) is 2. The predicted octanol–water partition coefficient (Wildman–Crippen LogP) is 0.604. The van der Waals surface area contributed by atoms with Crippen LogP contribution in [-0.2, 0) is 0 Å². The van der Waals surface area contributed by atoms with Crippen molar-refractivity contribution < 1.29 is 14.6 Å². The summed E-state index contributed by atoms with van der Waals surface area (Å²) in [5, 5.41) is 9.13.